The summed E-state index contributed by atoms with van der Waals surface area (Å²) < 4.78 is 0.721. The summed E-state index contributed by atoms with van der Waals surface area (Å²) in [5.41, 5.74) is 7.09. The van der Waals surface area contributed by atoms with Crippen LogP contribution in [0.15, 0.2) is 22.8 Å². The predicted molar refractivity (Wildman–Crippen MR) is 66.2 cm³/mol. The zero-order valence-corrected chi connectivity index (χ0v) is 10.5. The van der Waals surface area contributed by atoms with Crippen LogP contribution in [0.3, 0.4) is 0 Å². The summed E-state index contributed by atoms with van der Waals surface area (Å²) in [5.74, 6) is 0.350. The first-order chi connectivity index (χ1) is 7.08. The Hall–Kier alpha value is -0.710. The highest BCUT2D eigenvalue weighted by molar-refractivity contribution is 9.10. The first-order valence-corrected chi connectivity index (χ1v) is 5.59. The van der Waals surface area contributed by atoms with E-state index in [4.69, 9.17) is 28.9 Å². The molecular formula is C9H6BrCl2N3. The van der Waals surface area contributed by atoms with Crippen molar-refractivity contribution < 1.29 is 0 Å². The molecule has 1 aromatic heterocycles. The molecule has 2 aromatic rings. The Balaban J connectivity index is 2.54. The Morgan fingerprint density at radius 2 is 2.00 bits per heavy atom. The van der Waals surface area contributed by atoms with Crippen molar-refractivity contribution in [2.75, 3.05) is 5.73 Å². The average molecular weight is 307 g/mol. The molecule has 0 unspecified atom stereocenters. The molecule has 0 bridgehead atoms. The maximum atomic E-state index is 5.91. The lowest BCUT2D eigenvalue weighted by atomic mass is 10.2. The van der Waals surface area contributed by atoms with Gasteiger partial charge in [0, 0.05) is 5.56 Å². The van der Waals surface area contributed by atoms with Gasteiger partial charge in [0.25, 0.3) is 0 Å². The standard InChI is InChI=1S/C9H6BrCl2N3/c10-8-7(14-9(13)15-8)4-1-2-5(11)6(12)3-4/h1-3H,(H3,13,14,15). The van der Waals surface area contributed by atoms with Gasteiger partial charge in [0.2, 0.25) is 0 Å². The largest absolute Gasteiger partial charge is 0.369 e. The number of H-pyrrole nitrogens is 1. The number of aromatic nitrogens is 2. The van der Waals surface area contributed by atoms with Crippen molar-refractivity contribution in [3.05, 3.63) is 32.8 Å². The quantitative estimate of drug-likeness (QED) is 0.843. The van der Waals surface area contributed by atoms with Gasteiger partial charge in [-0.3, -0.25) is 0 Å². The number of benzene rings is 1. The highest BCUT2D eigenvalue weighted by atomic mass is 79.9. The first kappa shape index (κ1) is 10.8. The van der Waals surface area contributed by atoms with Crippen LogP contribution in [0.25, 0.3) is 11.3 Å². The van der Waals surface area contributed by atoms with Crippen molar-refractivity contribution in [2.45, 2.75) is 0 Å². The number of rotatable bonds is 1. The second kappa shape index (κ2) is 4.04. The topological polar surface area (TPSA) is 54.7 Å². The lowest BCUT2D eigenvalue weighted by Crippen LogP contribution is -1.85. The zero-order valence-electron chi connectivity index (χ0n) is 7.39. The fourth-order valence-electron chi connectivity index (χ4n) is 1.20. The molecule has 0 radical (unpaired) electrons. The minimum atomic E-state index is 0.350. The van der Waals surface area contributed by atoms with Crippen molar-refractivity contribution in [1.82, 2.24) is 9.97 Å². The lowest BCUT2D eigenvalue weighted by molar-refractivity contribution is 1.31. The molecule has 3 nitrogen and oxygen atoms in total. The number of nitrogens with zero attached hydrogens (tertiary/aromatic N) is 1. The van der Waals surface area contributed by atoms with Crippen LogP contribution in [0, 0.1) is 0 Å². The van der Waals surface area contributed by atoms with Crippen molar-refractivity contribution in [3.8, 4) is 11.3 Å². The number of nitrogens with one attached hydrogen (secondary N) is 1. The van der Waals surface area contributed by atoms with Gasteiger partial charge in [-0.25, -0.2) is 4.98 Å². The van der Waals surface area contributed by atoms with E-state index in [0.29, 0.717) is 21.7 Å². The van der Waals surface area contributed by atoms with E-state index in [0.717, 1.165) is 10.2 Å². The fraction of sp³-hybridized carbons (Fsp3) is 0. The van der Waals surface area contributed by atoms with E-state index in [1.54, 1.807) is 12.1 Å². The van der Waals surface area contributed by atoms with Crippen LogP contribution in [0.5, 0.6) is 0 Å². The monoisotopic (exact) mass is 305 g/mol. The molecule has 0 aliphatic carbocycles. The van der Waals surface area contributed by atoms with Crippen molar-refractivity contribution >= 4 is 45.1 Å². The lowest BCUT2D eigenvalue weighted by Gasteiger charge is -2.00. The minimum Gasteiger partial charge on any atom is -0.369 e. The third-order valence-electron chi connectivity index (χ3n) is 1.87. The summed E-state index contributed by atoms with van der Waals surface area (Å²) in [6.45, 7) is 0. The molecule has 3 N–H and O–H groups in total. The van der Waals surface area contributed by atoms with Gasteiger partial charge in [-0.05, 0) is 28.1 Å². The molecule has 78 valence electrons. The molecule has 0 aliphatic heterocycles. The van der Waals surface area contributed by atoms with E-state index in [-0.39, 0.29) is 0 Å². The van der Waals surface area contributed by atoms with Crippen molar-refractivity contribution in [3.63, 3.8) is 0 Å². The van der Waals surface area contributed by atoms with Crippen LogP contribution in [-0.2, 0) is 0 Å². The molecule has 0 saturated heterocycles. The van der Waals surface area contributed by atoms with Crippen LogP contribution in [0.1, 0.15) is 0 Å². The Kier molecular flexibility index (Phi) is 2.91. The Morgan fingerprint density at radius 1 is 1.27 bits per heavy atom. The van der Waals surface area contributed by atoms with Gasteiger partial charge in [-0.2, -0.15) is 0 Å². The normalized spacial score (nSPS) is 10.6. The van der Waals surface area contributed by atoms with E-state index in [2.05, 4.69) is 25.9 Å². The SMILES string of the molecule is Nc1nc(-c2ccc(Cl)c(Cl)c2)c(Br)[nH]1. The Bertz CT molecular complexity index is 510. The molecule has 15 heavy (non-hydrogen) atoms. The van der Waals surface area contributed by atoms with E-state index in [1.807, 2.05) is 6.07 Å². The molecule has 0 spiro atoms. The average Bonchev–Trinajstić information content (AvgIpc) is 2.50. The number of nitrogens with two attached hydrogens (primary N) is 1. The number of hydrogen-bond donors (Lipinski definition) is 2. The molecule has 0 fully saturated rings. The summed E-state index contributed by atoms with van der Waals surface area (Å²) in [4.78, 5) is 6.97. The van der Waals surface area contributed by atoms with Crippen LogP contribution in [0.2, 0.25) is 10.0 Å². The molecule has 0 aliphatic rings. The van der Waals surface area contributed by atoms with Crippen molar-refractivity contribution in [1.29, 1.82) is 0 Å². The third kappa shape index (κ3) is 2.12. The molecule has 0 amide bonds. The number of halogens is 3. The summed E-state index contributed by atoms with van der Waals surface area (Å²) in [7, 11) is 0. The fourth-order valence-corrected chi connectivity index (χ4v) is 2.02. The van der Waals surface area contributed by atoms with Crippen LogP contribution < -0.4 is 5.73 Å². The van der Waals surface area contributed by atoms with Crippen LogP contribution in [0.4, 0.5) is 5.95 Å². The highest BCUT2D eigenvalue weighted by Gasteiger charge is 2.09. The van der Waals surface area contributed by atoms with Gasteiger partial charge in [0.1, 0.15) is 10.3 Å². The van der Waals surface area contributed by atoms with Gasteiger partial charge < -0.3 is 10.7 Å². The number of imidazole rings is 1. The molecule has 1 aromatic carbocycles. The Labute approximate surface area is 105 Å². The van der Waals surface area contributed by atoms with E-state index < -0.39 is 0 Å². The van der Waals surface area contributed by atoms with Gasteiger partial charge in [-0.15, -0.1) is 0 Å². The van der Waals surface area contributed by atoms with Gasteiger partial charge in [-0.1, -0.05) is 29.3 Å². The maximum Gasteiger partial charge on any atom is 0.198 e. The van der Waals surface area contributed by atoms with Gasteiger partial charge >= 0.3 is 0 Å². The predicted octanol–water partition coefficient (Wildman–Crippen LogP) is 3.73. The number of anilines is 1. The number of hydrogen-bond acceptors (Lipinski definition) is 2. The Morgan fingerprint density at radius 3 is 2.53 bits per heavy atom. The summed E-state index contributed by atoms with van der Waals surface area (Å²) >= 11 is 15.0. The van der Waals surface area contributed by atoms with Crippen molar-refractivity contribution in [2.24, 2.45) is 0 Å². The highest BCUT2D eigenvalue weighted by Crippen LogP contribution is 2.31. The van der Waals surface area contributed by atoms with Gasteiger partial charge in [0.05, 0.1) is 10.0 Å². The molecular weight excluding hydrogens is 301 g/mol. The molecule has 0 atom stereocenters. The summed E-state index contributed by atoms with van der Waals surface area (Å²) in [6, 6.07) is 5.29. The second-order valence-electron chi connectivity index (χ2n) is 2.91. The van der Waals surface area contributed by atoms with Gasteiger partial charge in [0.15, 0.2) is 5.95 Å². The minimum absolute atomic E-state index is 0.350. The summed E-state index contributed by atoms with van der Waals surface area (Å²) in [6.07, 6.45) is 0. The molecule has 6 heteroatoms. The molecule has 0 saturated carbocycles. The van der Waals surface area contributed by atoms with Crippen LogP contribution >= 0.6 is 39.1 Å². The second-order valence-corrected chi connectivity index (χ2v) is 4.52. The first-order valence-electron chi connectivity index (χ1n) is 4.04. The summed E-state index contributed by atoms with van der Waals surface area (Å²) in [5, 5.41) is 1.00. The number of nitrogen functional groups attached to an aromatic ring is 1. The zero-order chi connectivity index (χ0) is 11.0. The molecule has 2 rings (SSSR count). The van der Waals surface area contributed by atoms with Crippen LogP contribution in [-0.4, -0.2) is 9.97 Å². The maximum absolute atomic E-state index is 5.91. The smallest absolute Gasteiger partial charge is 0.198 e. The van der Waals surface area contributed by atoms with E-state index in [9.17, 15) is 0 Å². The van der Waals surface area contributed by atoms with E-state index >= 15 is 0 Å². The molecule has 1 heterocycles. The number of aromatic amines is 1. The third-order valence-corrected chi connectivity index (χ3v) is 3.18. The van der Waals surface area contributed by atoms with E-state index in [1.165, 1.54) is 0 Å².